The number of unbranched alkanes of at least 4 members (excludes halogenated alkanes) is 1. The van der Waals surface area contributed by atoms with Gasteiger partial charge in [0.25, 0.3) is 5.91 Å². The number of benzene rings is 2. The highest BCUT2D eigenvalue weighted by molar-refractivity contribution is 6.05. The van der Waals surface area contributed by atoms with Crippen LogP contribution in [0.5, 0.6) is 0 Å². The summed E-state index contributed by atoms with van der Waals surface area (Å²) in [6.07, 6.45) is 5.17. The molecule has 8 heteroatoms. The minimum atomic E-state index is -1.29. The molecule has 3 saturated heterocycles. The summed E-state index contributed by atoms with van der Waals surface area (Å²) in [6, 6.07) is 13.2. The van der Waals surface area contributed by atoms with Gasteiger partial charge < -0.3 is 24.4 Å². The van der Waals surface area contributed by atoms with Gasteiger partial charge >= 0.3 is 5.97 Å². The summed E-state index contributed by atoms with van der Waals surface area (Å²) in [5.74, 6) is -3.17. The standard InChI is InChI=1S/C36H44N2O6/c1-7-9-13-19-43-34(42)30-29-32(40)38(28(22-39)26-14-11-10-12-15-26)31(36(29)21-25(5)35(30,6)44-36)33(41)37(18-8-2)27-20-23(3)16-17-24(27)4/h7-8,10-12,14-17,20,25,28-31,39H,1-2,9,13,18-19,21-22H2,3-6H3/t25?,28-,29+,30-,31?,35+,36?/m1/s1. The third kappa shape index (κ3) is 4.98. The Labute approximate surface area is 260 Å². The Balaban J connectivity index is 1.66. The Kier molecular flexibility index (Phi) is 8.87. The molecule has 7 atom stereocenters. The normalized spacial score (nSPS) is 29.3. The van der Waals surface area contributed by atoms with Gasteiger partial charge in [0.15, 0.2) is 0 Å². The lowest BCUT2D eigenvalue weighted by Gasteiger charge is -2.40. The summed E-state index contributed by atoms with van der Waals surface area (Å²) in [6.45, 7) is 15.4. The van der Waals surface area contributed by atoms with E-state index in [1.165, 1.54) is 4.90 Å². The van der Waals surface area contributed by atoms with E-state index in [0.29, 0.717) is 30.5 Å². The number of ether oxygens (including phenoxy) is 2. The van der Waals surface area contributed by atoms with Gasteiger partial charge in [-0.1, -0.05) is 61.5 Å². The number of aryl methyl sites for hydroxylation is 2. The van der Waals surface area contributed by atoms with Crippen LogP contribution in [0, 0.1) is 31.6 Å². The smallest absolute Gasteiger partial charge is 0.312 e. The zero-order valence-electron chi connectivity index (χ0n) is 26.2. The van der Waals surface area contributed by atoms with Crippen molar-refractivity contribution in [2.75, 3.05) is 24.7 Å². The molecule has 1 spiro atoms. The third-order valence-corrected chi connectivity index (χ3v) is 9.96. The first-order valence-electron chi connectivity index (χ1n) is 15.5. The van der Waals surface area contributed by atoms with E-state index in [9.17, 15) is 14.7 Å². The Bertz CT molecular complexity index is 1440. The van der Waals surface area contributed by atoms with E-state index in [0.717, 1.165) is 11.1 Å². The Hall–Kier alpha value is -3.75. The molecule has 0 aliphatic carbocycles. The second kappa shape index (κ2) is 12.3. The van der Waals surface area contributed by atoms with Gasteiger partial charge in [-0.15, -0.1) is 13.2 Å². The molecule has 0 aromatic heterocycles. The quantitative estimate of drug-likeness (QED) is 0.208. The largest absolute Gasteiger partial charge is 0.465 e. The number of anilines is 1. The van der Waals surface area contributed by atoms with E-state index in [2.05, 4.69) is 13.2 Å². The van der Waals surface area contributed by atoms with Crippen LogP contribution in [0.25, 0.3) is 0 Å². The summed E-state index contributed by atoms with van der Waals surface area (Å²) < 4.78 is 12.6. The average molecular weight is 601 g/mol. The highest BCUT2D eigenvalue weighted by Crippen LogP contribution is 2.66. The van der Waals surface area contributed by atoms with Crippen molar-refractivity contribution < 1.29 is 29.0 Å². The van der Waals surface area contributed by atoms with E-state index in [1.807, 2.05) is 76.2 Å². The zero-order chi connectivity index (χ0) is 31.8. The van der Waals surface area contributed by atoms with E-state index >= 15 is 4.79 Å². The van der Waals surface area contributed by atoms with Gasteiger partial charge in [0.1, 0.15) is 17.6 Å². The van der Waals surface area contributed by atoms with E-state index in [-0.39, 0.29) is 30.9 Å². The van der Waals surface area contributed by atoms with E-state index < -0.39 is 47.7 Å². The molecular weight excluding hydrogens is 556 g/mol. The number of esters is 1. The number of aliphatic hydroxyl groups excluding tert-OH is 1. The lowest BCUT2D eigenvalue weighted by Crippen LogP contribution is -2.57. The predicted octanol–water partition coefficient (Wildman–Crippen LogP) is 5.08. The van der Waals surface area contributed by atoms with Crippen LogP contribution in [0.2, 0.25) is 0 Å². The topological polar surface area (TPSA) is 96.4 Å². The van der Waals surface area contributed by atoms with Gasteiger partial charge in [-0.2, -0.15) is 0 Å². The minimum Gasteiger partial charge on any atom is -0.465 e. The molecule has 2 aromatic rings. The van der Waals surface area contributed by atoms with Crippen LogP contribution in [-0.4, -0.2) is 64.8 Å². The summed E-state index contributed by atoms with van der Waals surface area (Å²) in [4.78, 5) is 46.8. The first-order valence-corrected chi connectivity index (χ1v) is 15.5. The molecule has 3 aliphatic heterocycles. The zero-order valence-corrected chi connectivity index (χ0v) is 26.2. The van der Waals surface area contributed by atoms with Crippen LogP contribution >= 0.6 is 0 Å². The van der Waals surface area contributed by atoms with Crippen molar-refractivity contribution in [3.63, 3.8) is 0 Å². The maximum atomic E-state index is 15.1. The van der Waals surface area contributed by atoms with E-state index in [1.54, 1.807) is 17.1 Å². The number of hydrogen-bond acceptors (Lipinski definition) is 6. The molecule has 1 N–H and O–H groups in total. The van der Waals surface area contributed by atoms with Crippen LogP contribution in [0.1, 0.15) is 55.8 Å². The second-order valence-corrected chi connectivity index (χ2v) is 12.7. The molecule has 44 heavy (non-hydrogen) atoms. The molecule has 5 rings (SSSR count). The van der Waals surface area contributed by atoms with Crippen molar-refractivity contribution in [2.45, 2.75) is 70.2 Å². The fraction of sp³-hybridized carbons (Fsp3) is 0.472. The average Bonchev–Trinajstić information content (AvgIpc) is 3.52. The Morgan fingerprint density at radius 3 is 2.57 bits per heavy atom. The van der Waals surface area contributed by atoms with Crippen molar-refractivity contribution in [1.29, 1.82) is 0 Å². The van der Waals surface area contributed by atoms with Crippen LogP contribution in [0.15, 0.2) is 73.8 Å². The number of allylic oxidation sites excluding steroid dienone is 1. The summed E-state index contributed by atoms with van der Waals surface area (Å²) in [5, 5.41) is 10.8. The number of rotatable bonds is 12. The van der Waals surface area contributed by atoms with Crippen molar-refractivity contribution >= 4 is 23.5 Å². The third-order valence-electron chi connectivity index (χ3n) is 9.96. The lowest BCUT2D eigenvalue weighted by atomic mass is 9.62. The first-order chi connectivity index (χ1) is 21.0. The number of fused-ring (bicyclic) bond motifs is 1. The van der Waals surface area contributed by atoms with Gasteiger partial charge in [0, 0.05) is 12.2 Å². The predicted molar refractivity (Wildman–Crippen MR) is 169 cm³/mol. The molecule has 3 unspecified atom stereocenters. The molecule has 8 nitrogen and oxygen atoms in total. The van der Waals surface area contributed by atoms with Gasteiger partial charge in [-0.3, -0.25) is 14.4 Å². The number of carbonyl (C=O) groups excluding carboxylic acids is 3. The number of aliphatic hydroxyl groups is 1. The number of carbonyl (C=O) groups is 3. The van der Waals surface area contributed by atoms with Crippen LogP contribution in [0.4, 0.5) is 5.69 Å². The molecule has 2 aromatic carbocycles. The summed E-state index contributed by atoms with van der Waals surface area (Å²) in [7, 11) is 0. The van der Waals surface area contributed by atoms with Gasteiger partial charge in [-0.05, 0) is 68.7 Å². The molecule has 0 saturated carbocycles. The van der Waals surface area contributed by atoms with Crippen molar-refractivity contribution in [1.82, 2.24) is 4.90 Å². The molecule has 0 radical (unpaired) electrons. The first kappa shape index (κ1) is 31.7. The van der Waals surface area contributed by atoms with Gasteiger partial charge in [0.2, 0.25) is 5.91 Å². The molecule has 3 heterocycles. The Morgan fingerprint density at radius 2 is 1.91 bits per heavy atom. The Morgan fingerprint density at radius 1 is 1.18 bits per heavy atom. The van der Waals surface area contributed by atoms with Crippen LogP contribution in [0.3, 0.4) is 0 Å². The van der Waals surface area contributed by atoms with Crippen molar-refractivity contribution in [3.8, 4) is 0 Å². The maximum absolute atomic E-state index is 15.1. The van der Waals surface area contributed by atoms with E-state index in [4.69, 9.17) is 9.47 Å². The van der Waals surface area contributed by atoms with Gasteiger partial charge in [-0.25, -0.2) is 0 Å². The van der Waals surface area contributed by atoms with Crippen LogP contribution in [-0.2, 0) is 23.9 Å². The monoisotopic (exact) mass is 600 g/mol. The highest BCUT2D eigenvalue weighted by atomic mass is 16.6. The van der Waals surface area contributed by atoms with Gasteiger partial charge in [0.05, 0.1) is 30.8 Å². The molecule has 234 valence electrons. The highest BCUT2D eigenvalue weighted by Gasteiger charge is 2.81. The number of nitrogens with zero attached hydrogens (tertiary/aromatic N) is 2. The molecule has 2 bridgehead atoms. The van der Waals surface area contributed by atoms with Crippen molar-refractivity contribution in [2.24, 2.45) is 17.8 Å². The fourth-order valence-electron chi connectivity index (χ4n) is 7.76. The second-order valence-electron chi connectivity index (χ2n) is 12.7. The number of likely N-dealkylation sites (tertiary alicyclic amines) is 1. The molecule has 3 fully saturated rings. The molecule has 2 amide bonds. The maximum Gasteiger partial charge on any atom is 0.312 e. The SMILES string of the molecule is C=CCCCOC(=O)[C@H]1[C@H]2C(=O)N([C@H](CO)c3ccccc3)C(C(=O)N(CC=C)c3cc(C)ccc3C)C23CC(C)[C@]1(C)O3. The summed E-state index contributed by atoms with van der Waals surface area (Å²) in [5.41, 5.74) is 1.01. The summed E-state index contributed by atoms with van der Waals surface area (Å²) >= 11 is 0. The lowest BCUT2D eigenvalue weighted by molar-refractivity contribution is -0.162. The number of hydrogen-bond donors (Lipinski definition) is 1. The number of amides is 2. The fourth-order valence-corrected chi connectivity index (χ4v) is 7.76. The molecule has 3 aliphatic rings. The van der Waals surface area contributed by atoms with Crippen LogP contribution < -0.4 is 4.90 Å². The minimum absolute atomic E-state index is 0.134. The van der Waals surface area contributed by atoms with Crippen molar-refractivity contribution in [3.05, 3.63) is 90.5 Å². The molecular formula is C36H44N2O6.